The number of aromatic nitrogens is 1. The van der Waals surface area contributed by atoms with E-state index in [-0.39, 0.29) is 5.91 Å². The molecule has 0 aliphatic rings. The lowest BCUT2D eigenvalue weighted by atomic mass is 10.2. The predicted octanol–water partition coefficient (Wildman–Crippen LogP) is 2.70. The van der Waals surface area contributed by atoms with Crippen molar-refractivity contribution in [2.45, 2.75) is 20.4 Å². The van der Waals surface area contributed by atoms with Gasteiger partial charge >= 0.3 is 0 Å². The summed E-state index contributed by atoms with van der Waals surface area (Å²) < 4.78 is 5.17. The smallest absolute Gasteiger partial charge is 0.255 e. The van der Waals surface area contributed by atoms with Crippen LogP contribution in [-0.4, -0.2) is 18.0 Å². The molecular formula is C14H16N2O2S. The molecule has 0 aliphatic carbocycles. The second kappa shape index (κ2) is 5.84. The van der Waals surface area contributed by atoms with Crippen molar-refractivity contribution in [2.75, 3.05) is 7.11 Å². The molecule has 0 saturated carbocycles. The Hall–Kier alpha value is -1.88. The number of hydrogen-bond acceptors (Lipinski definition) is 4. The SMILES string of the molecule is COc1ccccc1C(=O)NCc1nc(C)c(C)s1. The average molecular weight is 276 g/mol. The van der Waals surface area contributed by atoms with Crippen LogP contribution >= 0.6 is 11.3 Å². The van der Waals surface area contributed by atoms with Crippen molar-refractivity contribution < 1.29 is 9.53 Å². The molecule has 0 aliphatic heterocycles. The van der Waals surface area contributed by atoms with Gasteiger partial charge in [-0.1, -0.05) is 12.1 Å². The van der Waals surface area contributed by atoms with Gasteiger partial charge in [-0.2, -0.15) is 0 Å². The van der Waals surface area contributed by atoms with Crippen LogP contribution in [0.4, 0.5) is 0 Å². The fourth-order valence-corrected chi connectivity index (χ4v) is 2.57. The molecule has 19 heavy (non-hydrogen) atoms. The molecule has 1 heterocycles. The number of amides is 1. The molecule has 1 N–H and O–H groups in total. The summed E-state index contributed by atoms with van der Waals surface area (Å²) in [6.07, 6.45) is 0. The summed E-state index contributed by atoms with van der Waals surface area (Å²) in [6.45, 7) is 4.44. The van der Waals surface area contributed by atoms with Gasteiger partial charge in [0.25, 0.3) is 5.91 Å². The molecule has 0 bridgehead atoms. The zero-order chi connectivity index (χ0) is 13.8. The molecule has 4 nitrogen and oxygen atoms in total. The van der Waals surface area contributed by atoms with Crippen LogP contribution in [0, 0.1) is 13.8 Å². The van der Waals surface area contributed by atoms with Crippen molar-refractivity contribution in [1.82, 2.24) is 10.3 Å². The quantitative estimate of drug-likeness (QED) is 0.934. The minimum atomic E-state index is -0.150. The van der Waals surface area contributed by atoms with Gasteiger partial charge in [0.15, 0.2) is 0 Å². The molecule has 100 valence electrons. The van der Waals surface area contributed by atoms with E-state index in [9.17, 15) is 4.79 Å². The molecule has 0 fully saturated rings. The van der Waals surface area contributed by atoms with Crippen LogP contribution in [-0.2, 0) is 6.54 Å². The number of carbonyl (C=O) groups is 1. The molecule has 0 spiro atoms. The fraction of sp³-hybridized carbons (Fsp3) is 0.286. The third-order valence-corrected chi connectivity index (χ3v) is 3.90. The number of hydrogen-bond donors (Lipinski definition) is 1. The zero-order valence-corrected chi connectivity index (χ0v) is 12.0. The van der Waals surface area contributed by atoms with Gasteiger partial charge in [0.05, 0.1) is 24.9 Å². The van der Waals surface area contributed by atoms with Crippen LogP contribution in [0.5, 0.6) is 5.75 Å². The molecular weight excluding hydrogens is 260 g/mol. The third kappa shape index (κ3) is 3.12. The van der Waals surface area contributed by atoms with Crippen molar-refractivity contribution in [1.29, 1.82) is 0 Å². The number of ether oxygens (including phenoxy) is 1. The molecule has 0 radical (unpaired) electrons. The van der Waals surface area contributed by atoms with Gasteiger partial charge in [0, 0.05) is 4.88 Å². The van der Waals surface area contributed by atoms with Gasteiger partial charge in [-0.25, -0.2) is 4.98 Å². The number of para-hydroxylation sites is 1. The van der Waals surface area contributed by atoms with E-state index >= 15 is 0 Å². The Morgan fingerprint density at radius 1 is 1.37 bits per heavy atom. The summed E-state index contributed by atoms with van der Waals surface area (Å²) >= 11 is 1.60. The lowest BCUT2D eigenvalue weighted by Gasteiger charge is -2.07. The second-order valence-electron chi connectivity index (χ2n) is 4.13. The highest BCUT2D eigenvalue weighted by molar-refractivity contribution is 7.11. The lowest BCUT2D eigenvalue weighted by molar-refractivity contribution is 0.0948. The summed E-state index contributed by atoms with van der Waals surface area (Å²) in [6, 6.07) is 7.16. The fourth-order valence-electron chi connectivity index (χ4n) is 1.70. The summed E-state index contributed by atoms with van der Waals surface area (Å²) in [4.78, 5) is 17.6. The van der Waals surface area contributed by atoms with E-state index in [2.05, 4.69) is 10.3 Å². The van der Waals surface area contributed by atoms with Crippen LogP contribution in [0.3, 0.4) is 0 Å². The maximum atomic E-state index is 12.1. The third-order valence-electron chi connectivity index (χ3n) is 2.82. The molecule has 2 aromatic rings. The van der Waals surface area contributed by atoms with E-state index in [0.717, 1.165) is 10.7 Å². The van der Waals surface area contributed by atoms with Crippen LogP contribution in [0.25, 0.3) is 0 Å². The molecule has 2 rings (SSSR count). The van der Waals surface area contributed by atoms with Crippen LogP contribution in [0.1, 0.15) is 25.9 Å². The number of methoxy groups -OCH3 is 1. The number of nitrogens with zero attached hydrogens (tertiary/aromatic N) is 1. The van der Waals surface area contributed by atoms with E-state index in [1.807, 2.05) is 26.0 Å². The van der Waals surface area contributed by atoms with Gasteiger partial charge in [-0.3, -0.25) is 4.79 Å². The van der Waals surface area contributed by atoms with Gasteiger partial charge in [0.1, 0.15) is 10.8 Å². The molecule has 1 aromatic heterocycles. The minimum Gasteiger partial charge on any atom is -0.496 e. The Bertz CT molecular complexity index is 573. The number of aryl methyl sites for hydroxylation is 2. The number of thiazole rings is 1. The van der Waals surface area contributed by atoms with Crippen LogP contribution < -0.4 is 10.1 Å². The standard InChI is InChI=1S/C14H16N2O2S/c1-9-10(2)19-13(16-9)8-15-14(17)11-6-4-5-7-12(11)18-3/h4-7H,8H2,1-3H3,(H,15,17). The first-order chi connectivity index (χ1) is 9.11. The number of rotatable bonds is 4. The first kappa shape index (κ1) is 13.5. The maximum absolute atomic E-state index is 12.1. The van der Waals surface area contributed by atoms with E-state index < -0.39 is 0 Å². The first-order valence-electron chi connectivity index (χ1n) is 5.96. The normalized spacial score (nSPS) is 10.3. The van der Waals surface area contributed by atoms with E-state index in [1.54, 1.807) is 30.6 Å². The lowest BCUT2D eigenvalue weighted by Crippen LogP contribution is -2.23. The van der Waals surface area contributed by atoms with Crippen molar-refractivity contribution in [3.05, 3.63) is 45.4 Å². The highest BCUT2D eigenvalue weighted by Gasteiger charge is 2.12. The molecule has 1 amide bonds. The highest BCUT2D eigenvalue weighted by Crippen LogP contribution is 2.18. The summed E-state index contributed by atoms with van der Waals surface area (Å²) in [5.74, 6) is 0.425. The van der Waals surface area contributed by atoms with Gasteiger partial charge in [0.2, 0.25) is 0 Å². The molecule has 0 atom stereocenters. The van der Waals surface area contributed by atoms with Crippen molar-refractivity contribution >= 4 is 17.2 Å². The monoisotopic (exact) mass is 276 g/mol. The Labute approximate surface area is 116 Å². The summed E-state index contributed by atoms with van der Waals surface area (Å²) in [5, 5.41) is 3.77. The van der Waals surface area contributed by atoms with Gasteiger partial charge in [-0.05, 0) is 26.0 Å². The van der Waals surface area contributed by atoms with Gasteiger partial charge < -0.3 is 10.1 Å². The number of carbonyl (C=O) groups excluding carboxylic acids is 1. The predicted molar refractivity (Wildman–Crippen MR) is 75.8 cm³/mol. The summed E-state index contributed by atoms with van der Waals surface area (Å²) in [7, 11) is 1.56. The largest absolute Gasteiger partial charge is 0.496 e. The Kier molecular flexibility index (Phi) is 4.16. The van der Waals surface area contributed by atoms with E-state index in [1.165, 1.54) is 4.88 Å². The van der Waals surface area contributed by atoms with Gasteiger partial charge in [-0.15, -0.1) is 11.3 Å². The summed E-state index contributed by atoms with van der Waals surface area (Å²) in [5.41, 5.74) is 1.56. The second-order valence-corrected chi connectivity index (χ2v) is 5.42. The number of benzene rings is 1. The first-order valence-corrected chi connectivity index (χ1v) is 6.77. The minimum absolute atomic E-state index is 0.150. The molecule has 5 heteroatoms. The number of nitrogens with one attached hydrogen (secondary N) is 1. The zero-order valence-electron chi connectivity index (χ0n) is 11.2. The van der Waals surface area contributed by atoms with E-state index in [4.69, 9.17) is 4.74 Å². The average Bonchev–Trinajstić information content (AvgIpc) is 2.75. The molecule has 1 aromatic carbocycles. The van der Waals surface area contributed by atoms with Crippen LogP contribution in [0.15, 0.2) is 24.3 Å². The molecule has 0 saturated heterocycles. The Balaban J connectivity index is 2.05. The van der Waals surface area contributed by atoms with Crippen molar-refractivity contribution in [3.8, 4) is 5.75 Å². The Morgan fingerprint density at radius 2 is 2.11 bits per heavy atom. The maximum Gasteiger partial charge on any atom is 0.255 e. The molecule has 0 unspecified atom stereocenters. The van der Waals surface area contributed by atoms with Crippen LogP contribution in [0.2, 0.25) is 0 Å². The Morgan fingerprint density at radius 3 is 2.74 bits per heavy atom. The van der Waals surface area contributed by atoms with E-state index in [0.29, 0.717) is 17.9 Å². The highest BCUT2D eigenvalue weighted by atomic mass is 32.1. The van der Waals surface area contributed by atoms with Crippen molar-refractivity contribution in [3.63, 3.8) is 0 Å². The topological polar surface area (TPSA) is 51.2 Å². The van der Waals surface area contributed by atoms with Crippen molar-refractivity contribution in [2.24, 2.45) is 0 Å².